The molecule has 0 amide bonds. The summed E-state index contributed by atoms with van der Waals surface area (Å²) in [4.78, 5) is 1.45. The Morgan fingerprint density at radius 2 is 1.90 bits per heavy atom. The maximum Gasteiger partial charge on any atom is 0.242 e. The normalized spacial score (nSPS) is 20.8. The average molecular weight is 347 g/mol. The van der Waals surface area contributed by atoms with Gasteiger partial charge in [0.2, 0.25) is 10.0 Å². The topological polar surface area (TPSA) is 58.2 Å². The summed E-state index contributed by atoms with van der Waals surface area (Å²) in [6, 6.07) is 0.686. The second kappa shape index (κ2) is 6.58. The predicted molar refractivity (Wildman–Crippen MR) is 89.6 cm³/mol. The first-order valence-electron chi connectivity index (χ1n) is 7.46. The highest BCUT2D eigenvalue weighted by Gasteiger charge is 2.28. The van der Waals surface area contributed by atoms with Crippen molar-refractivity contribution in [2.45, 2.75) is 56.1 Å². The van der Waals surface area contributed by atoms with Gasteiger partial charge in [0, 0.05) is 23.5 Å². The molecule has 0 bridgehead atoms. The Balaban J connectivity index is 1.74. The summed E-state index contributed by atoms with van der Waals surface area (Å²) in [6.07, 6.45) is 4.29. The van der Waals surface area contributed by atoms with Gasteiger partial charge in [-0.1, -0.05) is 0 Å². The van der Waals surface area contributed by atoms with E-state index in [1.807, 2.05) is 24.1 Å². The Bertz CT molecular complexity index is 587. The minimum Gasteiger partial charge on any atom is -0.309 e. The fraction of sp³-hybridized carbons (Fsp3) is 0.714. The van der Waals surface area contributed by atoms with E-state index in [9.17, 15) is 8.42 Å². The summed E-state index contributed by atoms with van der Waals surface area (Å²) in [5.74, 6) is 2.10. The lowest BCUT2D eigenvalue weighted by atomic mass is 10.2. The van der Waals surface area contributed by atoms with Crippen LogP contribution in [0.4, 0.5) is 0 Å². The van der Waals surface area contributed by atoms with Gasteiger partial charge in [0.25, 0.3) is 0 Å². The molecular weight excluding hydrogens is 324 g/mol. The molecule has 1 aliphatic heterocycles. The summed E-state index contributed by atoms with van der Waals surface area (Å²) >= 11 is 3.45. The van der Waals surface area contributed by atoms with Crippen LogP contribution in [0.3, 0.4) is 0 Å². The smallest absolute Gasteiger partial charge is 0.242 e. The Hall–Kier alpha value is -0.0800. The molecule has 1 aromatic heterocycles. The van der Waals surface area contributed by atoms with Crippen molar-refractivity contribution in [1.29, 1.82) is 0 Å². The van der Waals surface area contributed by atoms with Gasteiger partial charge in [-0.15, -0.1) is 11.3 Å². The van der Waals surface area contributed by atoms with Crippen molar-refractivity contribution < 1.29 is 8.42 Å². The largest absolute Gasteiger partial charge is 0.309 e. The van der Waals surface area contributed by atoms with Gasteiger partial charge < -0.3 is 5.32 Å². The first kappa shape index (κ1) is 15.8. The van der Waals surface area contributed by atoms with Gasteiger partial charge in [0.05, 0.1) is 0 Å². The van der Waals surface area contributed by atoms with E-state index in [2.05, 4.69) is 10.0 Å². The average Bonchev–Trinajstić information content (AvgIpc) is 3.19. The minimum absolute atomic E-state index is 0.0970. The standard InChI is InChI=1S/C14H22N2O2S3/c1-10-9-20-13(8-15-11-2-3-11)14(10)21(17,18)16-12-4-6-19-7-5-12/h9,11-12,15-16H,2-8H2,1H3. The first-order chi connectivity index (χ1) is 10.1. The maximum atomic E-state index is 12.7. The number of thiophene rings is 1. The lowest BCUT2D eigenvalue weighted by molar-refractivity contribution is 0.527. The van der Waals surface area contributed by atoms with Gasteiger partial charge in [-0.05, 0) is 55.1 Å². The highest BCUT2D eigenvalue weighted by atomic mass is 32.2. The fourth-order valence-electron chi connectivity index (χ4n) is 2.59. The third kappa shape index (κ3) is 4.01. The Labute approximate surface area is 135 Å². The van der Waals surface area contributed by atoms with Crippen molar-refractivity contribution in [2.75, 3.05) is 11.5 Å². The molecule has 21 heavy (non-hydrogen) atoms. The zero-order chi connectivity index (χ0) is 14.9. The molecule has 1 saturated carbocycles. The SMILES string of the molecule is Cc1csc(CNC2CC2)c1S(=O)(=O)NC1CCSCC1. The molecule has 1 aliphatic carbocycles. The quantitative estimate of drug-likeness (QED) is 0.831. The molecule has 0 radical (unpaired) electrons. The van der Waals surface area contributed by atoms with E-state index in [-0.39, 0.29) is 6.04 Å². The maximum absolute atomic E-state index is 12.7. The zero-order valence-corrected chi connectivity index (χ0v) is 14.7. The lowest BCUT2D eigenvalue weighted by Crippen LogP contribution is -2.37. The van der Waals surface area contributed by atoms with Gasteiger partial charge in [-0.2, -0.15) is 11.8 Å². The van der Waals surface area contributed by atoms with E-state index < -0.39 is 10.0 Å². The number of hydrogen-bond acceptors (Lipinski definition) is 5. The molecule has 0 spiro atoms. The molecule has 2 N–H and O–H groups in total. The van der Waals surface area contributed by atoms with Crippen LogP contribution >= 0.6 is 23.1 Å². The molecule has 7 heteroatoms. The zero-order valence-electron chi connectivity index (χ0n) is 12.2. The van der Waals surface area contributed by atoms with E-state index in [0.29, 0.717) is 17.5 Å². The fourth-order valence-corrected chi connectivity index (χ4v) is 6.76. The molecule has 118 valence electrons. The van der Waals surface area contributed by atoms with Crippen LogP contribution in [0.25, 0.3) is 0 Å². The molecule has 1 aromatic rings. The molecule has 1 saturated heterocycles. The van der Waals surface area contributed by atoms with Crippen molar-refractivity contribution >= 4 is 33.1 Å². The molecule has 2 aliphatic rings. The van der Waals surface area contributed by atoms with Crippen molar-refractivity contribution in [1.82, 2.24) is 10.0 Å². The summed E-state index contributed by atoms with van der Waals surface area (Å²) in [7, 11) is -3.39. The molecule has 4 nitrogen and oxygen atoms in total. The van der Waals surface area contributed by atoms with Crippen LogP contribution in [-0.2, 0) is 16.6 Å². The van der Waals surface area contributed by atoms with Crippen molar-refractivity contribution in [3.8, 4) is 0 Å². The Morgan fingerprint density at radius 3 is 2.57 bits per heavy atom. The highest BCUT2D eigenvalue weighted by molar-refractivity contribution is 7.99. The predicted octanol–water partition coefficient (Wildman–Crippen LogP) is 2.48. The highest BCUT2D eigenvalue weighted by Crippen LogP contribution is 2.29. The minimum atomic E-state index is -3.39. The second-order valence-corrected chi connectivity index (χ2v) is 9.67. The molecule has 0 unspecified atom stereocenters. The van der Waals surface area contributed by atoms with Gasteiger partial charge in [0.1, 0.15) is 4.90 Å². The van der Waals surface area contributed by atoms with Crippen molar-refractivity contribution in [2.24, 2.45) is 0 Å². The van der Waals surface area contributed by atoms with Gasteiger partial charge in [-0.25, -0.2) is 13.1 Å². The van der Waals surface area contributed by atoms with Crippen LogP contribution in [0.1, 0.15) is 36.1 Å². The van der Waals surface area contributed by atoms with Crippen molar-refractivity contribution in [3.05, 3.63) is 15.8 Å². The van der Waals surface area contributed by atoms with Crippen molar-refractivity contribution in [3.63, 3.8) is 0 Å². The number of sulfonamides is 1. The van der Waals surface area contributed by atoms with E-state index in [1.54, 1.807) is 11.3 Å². The molecular formula is C14H22N2O2S3. The monoisotopic (exact) mass is 346 g/mol. The molecule has 2 heterocycles. The molecule has 0 aromatic carbocycles. The van der Waals surface area contributed by atoms with Crippen LogP contribution in [0, 0.1) is 6.92 Å². The van der Waals surface area contributed by atoms with Crippen LogP contribution < -0.4 is 10.0 Å². The summed E-state index contributed by atoms with van der Waals surface area (Å²) < 4.78 is 28.4. The number of aryl methyl sites for hydroxylation is 1. The van der Waals surface area contributed by atoms with Gasteiger partial charge in [0.15, 0.2) is 0 Å². The van der Waals surface area contributed by atoms with Crippen LogP contribution in [0.15, 0.2) is 10.3 Å². The third-order valence-electron chi connectivity index (χ3n) is 3.93. The van der Waals surface area contributed by atoms with Gasteiger partial charge >= 0.3 is 0 Å². The number of thioether (sulfide) groups is 1. The second-order valence-electron chi connectivity index (χ2n) is 5.83. The van der Waals surface area contributed by atoms with Gasteiger partial charge in [-0.3, -0.25) is 0 Å². The third-order valence-corrected chi connectivity index (χ3v) is 7.96. The summed E-state index contributed by atoms with van der Waals surface area (Å²) in [5, 5.41) is 5.37. The van der Waals surface area contributed by atoms with E-state index >= 15 is 0 Å². The number of nitrogens with one attached hydrogen (secondary N) is 2. The number of rotatable bonds is 6. The lowest BCUT2D eigenvalue weighted by Gasteiger charge is -2.22. The molecule has 3 rings (SSSR count). The van der Waals surface area contributed by atoms with E-state index in [1.165, 1.54) is 12.8 Å². The summed E-state index contributed by atoms with van der Waals surface area (Å²) in [5.41, 5.74) is 0.866. The molecule has 0 atom stereocenters. The van der Waals surface area contributed by atoms with Crippen LogP contribution in [-0.4, -0.2) is 32.0 Å². The van der Waals surface area contributed by atoms with E-state index in [4.69, 9.17) is 0 Å². The summed E-state index contributed by atoms with van der Waals surface area (Å²) in [6.45, 7) is 2.56. The van der Waals surface area contributed by atoms with Crippen LogP contribution in [0.2, 0.25) is 0 Å². The van der Waals surface area contributed by atoms with Crippen LogP contribution in [0.5, 0.6) is 0 Å². The Morgan fingerprint density at radius 1 is 1.19 bits per heavy atom. The van der Waals surface area contributed by atoms with E-state index in [0.717, 1.165) is 34.8 Å². The Kier molecular flexibility index (Phi) is 4.95. The first-order valence-corrected chi connectivity index (χ1v) is 11.0. The molecule has 2 fully saturated rings. The number of hydrogen-bond donors (Lipinski definition) is 2.